The molecule has 0 radical (unpaired) electrons. The molecule has 0 unspecified atom stereocenters. The molecule has 0 amide bonds. The van der Waals surface area contributed by atoms with Crippen molar-refractivity contribution in [3.8, 4) is 0 Å². The van der Waals surface area contributed by atoms with E-state index >= 15 is 0 Å². The van der Waals surface area contributed by atoms with E-state index in [1.807, 2.05) is 4.72 Å². The van der Waals surface area contributed by atoms with E-state index in [0.717, 1.165) is 12.1 Å². The first kappa shape index (κ1) is 20.1. The van der Waals surface area contributed by atoms with Gasteiger partial charge in [-0.2, -0.15) is 13.2 Å². The van der Waals surface area contributed by atoms with Gasteiger partial charge in [0.25, 0.3) is 10.0 Å². The molecule has 10 heteroatoms. The molecule has 0 aliphatic rings. The summed E-state index contributed by atoms with van der Waals surface area (Å²) in [6.45, 7) is 0. The van der Waals surface area contributed by atoms with Crippen molar-refractivity contribution in [2.45, 2.75) is 23.9 Å². The minimum Gasteiger partial charge on any atom is -0.550 e. The van der Waals surface area contributed by atoms with Crippen molar-refractivity contribution in [1.82, 2.24) is 0 Å². The van der Waals surface area contributed by atoms with Crippen molar-refractivity contribution in [2.75, 3.05) is 4.72 Å². The number of carboxylic acids is 1. The highest BCUT2D eigenvalue weighted by atomic mass is 35.5. The summed E-state index contributed by atoms with van der Waals surface area (Å²) in [7, 11) is -4.28. The summed E-state index contributed by atoms with van der Waals surface area (Å²) in [6, 6.07) is 7.80. The maximum atomic E-state index is 13.1. The number of hydrogen-bond donors (Lipinski definition) is 1. The van der Waals surface area contributed by atoms with E-state index < -0.39 is 33.4 Å². The second kappa shape index (κ2) is 7.55. The Morgan fingerprint density at radius 1 is 1.12 bits per heavy atom. The number of nitrogens with one attached hydrogen (secondary N) is 1. The van der Waals surface area contributed by atoms with Crippen LogP contribution < -0.4 is 9.83 Å². The smallest absolute Gasteiger partial charge is 0.418 e. The third-order valence-electron chi connectivity index (χ3n) is 3.38. The van der Waals surface area contributed by atoms with Crippen LogP contribution in [0.2, 0.25) is 5.02 Å². The average molecular weight is 407 g/mol. The van der Waals surface area contributed by atoms with Gasteiger partial charge in [-0.05, 0) is 48.7 Å². The Labute approximate surface area is 152 Å². The largest absolute Gasteiger partial charge is 0.550 e. The summed E-state index contributed by atoms with van der Waals surface area (Å²) in [5, 5.41) is 10.2. The summed E-state index contributed by atoms with van der Waals surface area (Å²) in [5.41, 5.74) is -1.31. The number of carboxylic acid groups (broad SMARTS) is 1. The van der Waals surface area contributed by atoms with Gasteiger partial charge in [0, 0.05) is 11.0 Å². The first-order chi connectivity index (χ1) is 12.0. The Morgan fingerprint density at radius 3 is 2.27 bits per heavy atom. The highest BCUT2D eigenvalue weighted by Gasteiger charge is 2.35. The van der Waals surface area contributed by atoms with Crippen molar-refractivity contribution < 1.29 is 31.5 Å². The summed E-state index contributed by atoms with van der Waals surface area (Å²) in [6.07, 6.45) is -4.88. The molecule has 0 saturated carbocycles. The number of hydrogen-bond acceptors (Lipinski definition) is 4. The highest BCUT2D eigenvalue weighted by Crippen LogP contribution is 2.37. The van der Waals surface area contributed by atoms with Gasteiger partial charge >= 0.3 is 6.18 Å². The monoisotopic (exact) mass is 406 g/mol. The van der Waals surface area contributed by atoms with Crippen LogP contribution in [-0.4, -0.2) is 14.4 Å². The number of aryl methyl sites for hydroxylation is 1. The highest BCUT2D eigenvalue weighted by molar-refractivity contribution is 7.92. The Hall–Kier alpha value is -2.26. The van der Waals surface area contributed by atoms with Crippen molar-refractivity contribution in [1.29, 1.82) is 0 Å². The molecule has 0 heterocycles. The number of sulfonamides is 1. The normalized spacial score (nSPS) is 12.0. The van der Waals surface area contributed by atoms with Gasteiger partial charge in [-0.3, -0.25) is 4.72 Å². The number of alkyl halides is 3. The Kier molecular flexibility index (Phi) is 5.82. The van der Waals surface area contributed by atoms with Crippen LogP contribution in [0.25, 0.3) is 0 Å². The topological polar surface area (TPSA) is 86.3 Å². The Morgan fingerprint density at radius 2 is 1.73 bits per heavy atom. The van der Waals surface area contributed by atoms with Crippen molar-refractivity contribution in [3.05, 3.63) is 58.6 Å². The van der Waals surface area contributed by atoms with Crippen LogP contribution in [0.1, 0.15) is 17.5 Å². The zero-order valence-electron chi connectivity index (χ0n) is 13.0. The second-order valence-electron chi connectivity index (χ2n) is 5.31. The van der Waals surface area contributed by atoms with Crippen molar-refractivity contribution >= 4 is 33.3 Å². The van der Waals surface area contributed by atoms with Gasteiger partial charge in [-0.25, -0.2) is 8.42 Å². The fourth-order valence-corrected chi connectivity index (χ4v) is 3.38. The van der Waals surface area contributed by atoms with Crippen molar-refractivity contribution in [3.63, 3.8) is 0 Å². The number of anilines is 1. The molecular weight excluding hydrogens is 395 g/mol. The molecule has 0 bridgehead atoms. The second-order valence-corrected chi connectivity index (χ2v) is 7.43. The van der Waals surface area contributed by atoms with E-state index in [-0.39, 0.29) is 22.8 Å². The van der Waals surface area contributed by atoms with Crippen LogP contribution in [0.5, 0.6) is 0 Å². The zero-order valence-corrected chi connectivity index (χ0v) is 14.6. The number of benzene rings is 2. The molecular formula is C16H12ClF3NO4S-. The van der Waals surface area contributed by atoms with E-state index in [2.05, 4.69) is 0 Å². The fourth-order valence-electron chi connectivity index (χ4n) is 2.13. The number of rotatable bonds is 6. The first-order valence-corrected chi connectivity index (χ1v) is 9.03. The van der Waals surface area contributed by atoms with Crippen LogP contribution in [0.3, 0.4) is 0 Å². The van der Waals surface area contributed by atoms with Gasteiger partial charge in [0.1, 0.15) is 0 Å². The molecule has 0 saturated heterocycles. The number of carbonyl (C=O) groups excluding carboxylic acids is 1. The van der Waals surface area contributed by atoms with Crippen molar-refractivity contribution in [2.24, 2.45) is 0 Å². The third kappa shape index (κ3) is 5.12. The van der Waals surface area contributed by atoms with Gasteiger partial charge < -0.3 is 9.90 Å². The lowest BCUT2D eigenvalue weighted by Gasteiger charge is -2.15. The van der Waals surface area contributed by atoms with Gasteiger partial charge in [-0.15, -0.1) is 0 Å². The minimum atomic E-state index is -4.79. The molecule has 0 aliphatic heterocycles. The zero-order chi connectivity index (χ0) is 19.5. The molecule has 0 aliphatic carbocycles. The third-order valence-corrected chi connectivity index (χ3v) is 5.00. The number of halogens is 4. The summed E-state index contributed by atoms with van der Waals surface area (Å²) >= 11 is 5.56. The molecule has 1 N–H and O–H groups in total. The summed E-state index contributed by atoms with van der Waals surface area (Å²) in [5.74, 6) is -1.24. The fraction of sp³-hybridized carbons (Fsp3) is 0.188. The Balaban J connectivity index is 2.28. The van der Waals surface area contributed by atoms with Gasteiger partial charge in [-0.1, -0.05) is 23.7 Å². The predicted octanol–water partition coefficient (Wildman–Crippen LogP) is 2.84. The average Bonchev–Trinajstić information content (AvgIpc) is 2.54. The van der Waals surface area contributed by atoms with Crippen LogP contribution in [0, 0.1) is 0 Å². The van der Waals surface area contributed by atoms with E-state index in [0.29, 0.717) is 11.6 Å². The molecule has 0 fully saturated rings. The maximum Gasteiger partial charge on any atom is 0.418 e. The lowest BCUT2D eigenvalue weighted by atomic mass is 10.1. The summed E-state index contributed by atoms with van der Waals surface area (Å²) < 4.78 is 65.7. The molecule has 2 rings (SSSR count). The predicted molar refractivity (Wildman–Crippen MR) is 87.0 cm³/mol. The maximum absolute atomic E-state index is 13.1. The molecule has 0 spiro atoms. The quantitative estimate of drug-likeness (QED) is 0.799. The lowest BCUT2D eigenvalue weighted by Crippen LogP contribution is -2.22. The molecule has 26 heavy (non-hydrogen) atoms. The van der Waals surface area contributed by atoms with Crippen LogP contribution >= 0.6 is 11.6 Å². The first-order valence-electron chi connectivity index (χ1n) is 7.17. The number of carbonyl (C=O) groups is 1. The van der Waals surface area contributed by atoms with Crippen LogP contribution in [0.4, 0.5) is 18.9 Å². The molecule has 5 nitrogen and oxygen atoms in total. The van der Waals surface area contributed by atoms with Crippen LogP contribution in [-0.2, 0) is 27.4 Å². The molecule has 2 aromatic carbocycles. The van der Waals surface area contributed by atoms with Crippen LogP contribution in [0.15, 0.2) is 47.4 Å². The molecule has 140 valence electrons. The van der Waals surface area contributed by atoms with E-state index in [4.69, 9.17) is 11.6 Å². The van der Waals surface area contributed by atoms with Gasteiger partial charge in [0.2, 0.25) is 0 Å². The lowest BCUT2D eigenvalue weighted by molar-refractivity contribution is -0.305. The molecule has 2 aromatic rings. The standard InChI is InChI=1S/C16H13ClF3NO4S/c17-11-4-7-14(13(9-11)16(18,19)20)21-26(24,25)12-5-1-10(2-6-12)3-8-15(22)23/h1-2,4-7,9,21H,3,8H2,(H,22,23)/p-1. The minimum absolute atomic E-state index is 0.144. The van der Waals surface area contributed by atoms with Gasteiger partial charge in [0.05, 0.1) is 16.1 Å². The molecule has 0 atom stereocenters. The molecule has 0 aromatic heterocycles. The number of aliphatic carboxylic acids is 1. The van der Waals surface area contributed by atoms with E-state index in [9.17, 15) is 31.5 Å². The van der Waals surface area contributed by atoms with E-state index in [1.165, 1.54) is 24.3 Å². The van der Waals surface area contributed by atoms with Gasteiger partial charge in [0.15, 0.2) is 0 Å². The Bertz CT molecular complexity index is 912. The summed E-state index contributed by atoms with van der Waals surface area (Å²) in [4.78, 5) is 10.2. The SMILES string of the molecule is O=C([O-])CCc1ccc(S(=O)(=O)Nc2ccc(Cl)cc2C(F)(F)F)cc1. The van der Waals surface area contributed by atoms with E-state index in [1.54, 1.807) is 0 Å².